The Morgan fingerprint density at radius 2 is 1.79 bits per heavy atom. The van der Waals surface area contributed by atoms with Gasteiger partial charge in [0.1, 0.15) is 11.5 Å². The topological polar surface area (TPSA) is 73.6 Å². The van der Waals surface area contributed by atoms with Crippen LogP contribution in [0.3, 0.4) is 0 Å². The molecule has 0 saturated carbocycles. The van der Waals surface area contributed by atoms with Crippen molar-refractivity contribution in [1.29, 1.82) is 0 Å². The lowest BCUT2D eigenvalue weighted by molar-refractivity contribution is -0.118. The molecule has 0 radical (unpaired) electrons. The number of amides is 1. The minimum absolute atomic E-state index is 0.0758. The summed E-state index contributed by atoms with van der Waals surface area (Å²) in [6, 6.07) is 3.37. The quantitative estimate of drug-likeness (QED) is 0.776. The van der Waals surface area contributed by atoms with Crippen molar-refractivity contribution < 1.29 is 14.3 Å². The van der Waals surface area contributed by atoms with Crippen LogP contribution in [0.1, 0.15) is 27.7 Å². The van der Waals surface area contributed by atoms with E-state index >= 15 is 0 Å². The second kappa shape index (κ2) is 6.87. The van der Waals surface area contributed by atoms with Crippen LogP contribution in [0.15, 0.2) is 12.1 Å². The molecular formula is C14H22N2O3. The smallest absolute Gasteiger partial charge is 0.227 e. The standard InChI is InChI=1S/C14H22N2O3/c1-5-18-12-8-11(16-14(17)9(3)4)13(19-6-2)7-10(12)15/h7-9H,5-6,15H2,1-4H3,(H,16,17). The molecule has 0 aliphatic rings. The number of carbonyl (C=O) groups excluding carboxylic acids is 1. The molecule has 0 spiro atoms. The molecule has 5 heteroatoms. The third kappa shape index (κ3) is 4.05. The van der Waals surface area contributed by atoms with Crippen molar-refractivity contribution in [3.05, 3.63) is 12.1 Å². The number of nitrogens with one attached hydrogen (secondary N) is 1. The lowest BCUT2D eigenvalue weighted by Crippen LogP contribution is -2.18. The van der Waals surface area contributed by atoms with Gasteiger partial charge < -0.3 is 20.5 Å². The highest BCUT2D eigenvalue weighted by atomic mass is 16.5. The molecule has 0 atom stereocenters. The number of ether oxygens (including phenoxy) is 2. The molecule has 1 amide bonds. The molecule has 0 bridgehead atoms. The predicted molar refractivity (Wildman–Crippen MR) is 76.7 cm³/mol. The average molecular weight is 266 g/mol. The molecule has 0 aliphatic carbocycles. The summed E-state index contributed by atoms with van der Waals surface area (Å²) in [5.41, 5.74) is 6.95. The Labute approximate surface area is 114 Å². The van der Waals surface area contributed by atoms with Gasteiger partial charge in [-0.3, -0.25) is 4.79 Å². The van der Waals surface area contributed by atoms with Gasteiger partial charge in [-0.05, 0) is 13.8 Å². The Balaban J connectivity index is 3.09. The number of nitrogens with two attached hydrogens (primary N) is 1. The Bertz CT molecular complexity index is 445. The molecule has 5 nitrogen and oxygen atoms in total. The first-order chi connectivity index (χ1) is 8.99. The summed E-state index contributed by atoms with van der Waals surface area (Å²) >= 11 is 0. The summed E-state index contributed by atoms with van der Waals surface area (Å²) in [5.74, 6) is 0.915. The van der Waals surface area contributed by atoms with Gasteiger partial charge in [0.05, 0.1) is 24.6 Å². The predicted octanol–water partition coefficient (Wildman–Crippen LogP) is 2.66. The molecular weight excluding hydrogens is 244 g/mol. The van der Waals surface area contributed by atoms with E-state index in [4.69, 9.17) is 15.2 Å². The van der Waals surface area contributed by atoms with Crippen molar-refractivity contribution >= 4 is 17.3 Å². The maximum absolute atomic E-state index is 11.8. The van der Waals surface area contributed by atoms with Gasteiger partial charge in [-0.2, -0.15) is 0 Å². The normalized spacial score (nSPS) is 10.4. The molecule has 0 aromatic heterocycles. The van der Waals surface area contributed by atoms with E-state index in [-0.39, 0.29) is 11.8 Å². The van der Waals surface area contributed by atoms with Crippen LogP contribution in [0.4, 0.5) is 11.4 Å². The monoisotopic (exact) mass is 266 g/mol. The van der Waals surface area contributed by atoms with Crippen LogP contribution in [0, 0.1) is 5.92 Å². The third-order valence-corrected chi connectivity index (χ3v) is 2.49. The fourth-order valence-electron chi connectivity index (χ4n) is 1.51. The summed E-state index contributed by atoms with van der Waals surface area (Å²) in [4.78, 5) is 11.8. The maximum Gasteiger partial charge on any atom is 0.227 e. The van der Waals surface area contributed by atoms with Gasteiger partial charge in [-0.25, -0.2) is 0 Å². The van der Waals surface area contributed by atoms with Crippen LogP contribution in [0.25, 0.3) is 0 Å². The molecule has 1 aromatic rings. The van der Waals surface area contributed by atoms with E-state index < -0.39 is 0 Å². The van der Waals surface area contributed by atoms with E-state index in [1.165, 1.54) is 0 Å². The molecule has 0 saturated heterocycles. The Hall–Kier alpha value is -1.91. The number of hydrogen-bond donors (Lipinski definition) is 2. The molecule has 0 fully saturated rings. The molecule has 0 heterocycles. The average Bonchev–Trinajstić information content (AvgIpc) is 2.35. The summed E-state index contributed by atoms with van der Waals surface area (Å²) in [5, 5.41) is 2.82. The number of anilines is 2. The highest BCUT2D eigenvalue weighted by Crippen LogP contribution is 2.35. The maximum atomic E-state index is 11.8. The van der Waals surface area contributed by atoms with E-state index in [1.54, 1.807) is 12.1 Å². The highest BCUT2D eigenvalue weighted by Gasteiger charge is 2.14. The van der Waals surface area contributed by atoms with Crippen molar-refractivity contribution in [2.75, 3.05) is 24.3 Å². The molecule has 3 N–H and O–H groups in total. The fraction of sp³-hybridized carbons (Fsp3) is 0.500. The van der Waals surface area contributed by atoms with Gasteiger partial charge in [0.15, 0.2) is 0 Å². The number of carbonyl (C=O) groups is 1. The molecule has 19 heavy (non-hydrogen) atoms. The summed E-state index contributed by atoms with van der Waals surface area (Å²) in [7, 11) is 0. The highest BCUT2D eigenvalue weighted by molar-refractivity contribution is 5.94. The van der Waals surface area contributed by atoms with Crippen molar-refractivity contribution in [1.82, 2.24) is 0 Å². The van der Waals surface area contributed by atoms with E-state index in [9.17, 15) is 4.79 Å². The number of nitrogen functional groups attached to an aromatic ring is 1. The van der Waals surface area contributed by atoms with Gasteiger partial charge in [-0.1, -0.05) is 13.8 Å². The van der Waals surface area contributed by atoms with Crippen molar-refractivity contribution in [2.45, 2.75) is 27.7 Å². The summed E-state index contributed by atoms with van der Waals surface area (Å²) in [6.45, 7) is 8.42. The fourth-order valence-corrected chi connectivity index (χ4v) is 1.51. The zero-order valence-electron chi connectivity index (χ0n) is 11.9. The second-order valence-corrected chi connectivity index (χ2v) is 4.40. The molecule has 1 aromatic carbocycles. The SMILES string of the molecule is CCOc1cc(NC(=O)C(C)C)c(OCC)cc1N. The van der Waals surface area contributed by atoms with Crippen LogP contribution < -0.4 is 20.5 Å². The van der Waals surface area contributed by atoms with Gasteiger partial charge >= 0.3 is 0 Å². The van der Waals surface area contributed by atoms with Crippen LogP contribution >= 0.6 is 0 Å². The van der Waals surface area contributed by atoms with E-state index in [2.05, 4.69) is 5.32 Å². The first-order valence-corrected chi connectivity index (χ1v) is 6.49. The lowest BCUT2D eigenvalue weighted by atomic mass is 10.2. The van der Waals surface area contributed by atoms with E-state index in [0.29, 0.717) is 36.1 Å². The number of benzene rings is 1. The largest absolute Gasteiger partial charge is 0.492 e. The van der Waals surface area contributed by atoms with Gasteiger partial charge in [0.25, 0.3) is 0 Å². The molecule has 0 aliphatic heterocycles. The van der Waals surface area contributed by atoms with Crippen LogP contribution in [-0.2, 0) is 4.79 Å². The van der Waals surface area contributed by atoms with Crippen molar-refractivity contribution in [3.8, 4) is 11.5 Å². The van der Waals surface area contributed by atoms with Crippen LogP contribution in [0.5, 0.6) is 11.5 Å². The Morgan fingerprint density at radius 3 is 2.32 bits per heavy atom. The minimum atomic E-state index is -0.109. The zero-order valence-corrected chi connectivity index (χ0v) is 11.9. The Morgan fingerprint density at radius 1 is 1.21 bits per heavy atom. The van der Waals surface area contributed by atoms with Crippen LogP contribution in [0.2, 0.25) is 0 Å². The van der Waals surface area contributed by atoms with E-state index in [0.717, 1.165) is 0 Å². The number of hydrogen-bond acceptors (Lipinski definition) is 4. The van der Waals surface area contributed by atoms with Crippen molar-refractivity contribution in [3.63, 3.8) is 0 Å². The molecule has 0 unspecified atom stereocenters. The molecule has 1 rings (SSSR count). The summed E-state index contributed by atoms with van der Waals surface area (Å²) in [6.07, 6.45) is 0. The Kier molecular flexibility index (Phi) is 5.48. The summed E-state index contributed by atoms with van der Waals surface area (Å²) < 4.78 is 10.9. The number of rotatable bonds is 6. The zero-order chi connectivity index (χ0) is 14.4. The first kappa shape index (κ1) is 15.1. The first-order valence-electron chi connectivity index (χ1n) is 6.49. The van der Waals surface area contributed by atoms with Crippen LogP contribution in [-0.4, -0.2) is 19.1 Å². The van der Waals surface area contributed by atoms with Gasteiger partial charge in [-0.15, -0.1) is 0 Å². The third-order valence-electron chi connectivity index (χ3n) is 2.49. The lowest BCUT2D eigenvalue weighted by Gasteiger charge is -2.16. The van der Waals surface area contributed by atoms with Gasteiger partial charge in [0, 0.05) is 18.1 Å². The molecule has 106 valence electrons. The van der Waals surface area contributed by atoms with Crippen molar-refractivity contribution in [2.24, 2.45) is 5.92 Å². The van der Waals surface area contributed by atoms with E-state index in [1.807, 2.05) is 27.7 Å². The van der Waals surface area contributed by atoms with Gasteiger partial charge in [0.2, 0.25) is 5.91 Å². The minimum Gasteiger partial charge on any atom is -0.492 e. The second-order valence-electron chi connectivity index (χ2n) is 4.40.